The topological polar surface area (TPSA) is 60.2 Å². The minimum Gasteiger partial charge on any atom is -0.289 e. The number of ketones is 1. The van der Waals surface area contributed by atoms with Gasteiger partial charge >= 0.3 is 0 Å². The second kappa shape index (κ2) is 6.04. The molecule has 0 aliphatic rings. The lowest BCUT2D eigenvalue weighted by molar-refractivity contribution is -0.384. The first-order valence-corrected chi connectivity index (χ1v) is 5.89. The van der Waals surface area contributed by atoms with Gasteiger partial charge in [-0.2, -0.15) is 0 Å². The summed E-state index contributed by atoms with van der Waals surface area (Å²) in [5.74, 6) is -2.46. The highest BCUT2D eigenvalue weighted by Crippen LogP contribution is 2.15. The molecule has 0 heterocycles. The summed E-state index contributed by atoms with van der Waals surface area (Å²) in [5, 5.41) is 10.6. The molecule has 0 atom stereocenters. The number of hydrogen-bond acceptors (Lipinski definition) is 3. The zero-order valence-corrected chi connectivity index (χ0v) is 10.6. The Morgan fingerprint density at radius 2 is 1.86 bits per heavy atom. The lowest BCUT2D eigenvalue weighted by Crippen LogP contribution is -1.96. The second-order valence-corrected chi connectivity index (χ2v) is 4.18. The van der Waals surface area contributed by atoms with Crippen molar-refractivity contribution in [2.75, 3.05) is 0 Å². The van der Waals surface area contributed by atoms with E-state index in [1.165, 1.54) is 30.3 Å². The number of nitrogens with zero attached hydrogens (tertiary/aromatic N) is 1. The maximum Gasteiger partial charge on any atom is 0.270 e. The highest BCUT2D eigenvalue weighted by atomic mass is 19.2. The smallest absolute Gasteiger partial charge is 0.270 e. The van der Waals surface area contributed by atoms with Gasteiger partial charge in [0, 0.05) is 17.7 Å². The van der Waals surface area contributed by atoms with Gasteiger partial charge in [0.05, 0.1) is 4.92 Å². The van der Waals surface area contributed by atoms with Gasteiger partial charge in [-0.3, -0.25) is 14.9 Å². The van der Waals surface area contributed by atoms with E-state index in [0.717, 1.165) is 24.3 Å². The van der Waals surface area contributed by atoms with E-state index < -0.39 is 22.3 Å². The van der Waals surface area contributed by atoms with Gasteiger partial charge in [0.25, 0.3) is 5.69 Å². The number of nitro groups is 1. The van der Waals surface area contributed by atoms with Crippen LogP contribution in [0.3, 0.4) is 0 Å². The molecular formula is C15H9F2NO3. The predicted molar refractivity (Wildman–Crippen MR) is 72.8 cm³/mol. The van der Waals surface area contributed by atoms with Crippen molar-refractivity contribution >= 4 is 17.5 Å². The SMILES string of the molecule is O=C(/C=C/c1ccc(F)c(F)c1)c1cccc([N+](=O)[O-])c1. The van der Waals surface area contributed by atoms with Crippen LogP contribution in [0.1, 0.15) is 15.9 Å². The van der Waals surface area contributed by atoms with Gasteiger partial charge in [-0.25, -0.2) is 8.78 Å². The Bertz CT molecular complexity index is 741. The summed E-state index contributed by atoms with van der Waals surface area (Å²) in [5.41, 5.74) is 0.262. The number of hydrogen-bond donors (Lipinski definition) is 0. The summed E-state index contributed by atoms with van der Waals surface area (Å²) >= 11 is 0. The lowest BCUT2D eigenvalue weighted by atomic mass is 10.1. The summed E-state index contributed by atoms with van der Waals surface area (Å²) in [7, 11) is 0. The maximum atomic E-state index is 13.0. The maximum absolute atomic E-state index is 13.0. The summed E-state index contributed by atoms with van der Waals surface area (Å²) < 4.78 is 25.8. The van der Waals surface area contributed by atoms with Gasteiger partial charge in [-0.15, -0.1) is 0 Å². The van der Waals surface area contributed by atoms with E-state index >= 15 is 0 Å². The monoisotopic (exact) mass is 289 g/mol. The normalized spacial score (nSPS) is 10.8. The van der Waals surface area contributed by atoms with Crippen molar-refractivity contribution in [3.8, 4) is 0 Å². The summed E-state index contributed by atoms with van der Waals surface area (Å²) in [4.78, 5) is 21.9. The van der Waals surface area contributed by atoms with Crippen LogP contribution >= 0.6 is 0 Å². The molecule has 0 spiro atoms. The van der Waals surface area contributed by atoms with E-state index in [0.29, 0.717) is 5.56 Å². The first kappa shape index (κ1) is 14.5. The number of allylic oxidation sites excluding steroid dienone is 1. The molecule has 2 rings (SSSR count). The number of benzene rings is 2. The van der Waals surface area contributed by atoms with Crippen LogP contribution in [-0.4, -0.2) is 10.7 Å². The first-order valence-electron chi connectivity index (χ1n) is 5.89. The summed E-state index contributed by atoms with van der Waals surface area (Å²) in [6.07, 6.45) is 2.45. The van der Waals surface area contributed by atoms with Crippen LogP contribution in [0.5, 0.6) is 0 Å². The predicted octanol–water partition coefficient (Wildman–Crippen LogP) is 3.77. The van der Waals surface area contributed by atoms with Gasteiger partial charge in [0.15, 0.2) is 17.4 Å². The molecule has 0 amide bonds. The number of carbonyl (C=O) groups is 1. The van der Waals surface area contributed by atoms with Gasteiger partial charge in [-0.05, 0) is 23.8 Å². The molecule has 0 unspecified atom stereocenters. The summed E-state index contributed by atoms with van der Waals surface area (Å²) in [6, 6.07) is 8.48. The minimum absolute atomic E-state index is 0.142. The summed E-state index contributed by atoms with van der Waals surface area (Å²) in [6.45, 7) is 0. The Morgan fingerprint density at radius 3 is 2.52 bits per heavy atom. The van der Waals surface area contributed by atoms with Crippen LogP contribution in [-0.2, 0) is 0 Å². The Kier molecular flexibility index (Phi) is 4.18. The minimum atomic E-state index is -1.01. The average molecular weight is 289 g/mol. The Balaban J connectivity index is 2.20. The highest BCUT2D eigenvalue weighted by molar-refractivity contribution is 6.07. The fourth-order valence-corrected chi connectivity index (χ4v) is 1.66. The van der Waals surface area contributed by atoms with Crippen LogP contribution in [0, 0.1) is 21.7 Å². The molecule has 0 aromatic heterocycles. The zero-order chi connectivity index (χ0) is 15.4. The van der Waals surface area contributed by atoms with Crippen molar-refractivity contribution in [2.24, 2.45) is 0 Å². The molecule has 0 fully saturated rings. The van der Waals surface area contributed by atoms with E-state index in [1.807, 2.05) is 0 Å². The van der Waals surface area contributed by atoms with Crippen LogP contribution in [0.2, 0.25) is 0 Å². The van der Waals surface area contributed by atoms with Crippen molar-refractivity contribution in [2.45, 2.75) is 0 Å². The molecule has 4 nitrogen and oxygen atoms in total. The third-order valence-electron chi connectivity index (χ3n) is 2.71. The molecular weight excluding hydrogens is 280 g/mol. The number of rotatable bonds is 4. The highest BCUT2D eigenvalue weighted by Gasteiger charge is 2.09. The molecule has 106 valence electrons. The molecule has 2 aromatic carbocycles. The van der Waals surface area contributed by atoms with Crippen LogP contribution in [0.4, 0.5) is 14.5 Å². The molecule has 21 heavy (non-hydrogen) atoms. The van der Waals surface area contributed by atoms with Gasteiger partial charge in [0.2, 0.25) is 0 Å². The Morgan fingerprint density at radius 1 is 1.10 bits per heavy atom. The fraction of sp³-hybridized carbons (Fsp3) is 0. The Hall–Kier alpha value is -2.89. The molecule has 0 radical (unpaired) electrons. The third-order valence-corrected chi connectivity index (χ3v) is 2.71. The van der Waals surface area contributed by atoms with E-state index in [1.54, 1.807) is 0 Å². The molecule has 0 saturated heterocycles. The largest absolute Gasteiger partial charge is 0.289 e. The van der Waals surface area contributed by atoms with Crippen molar-refractivity contribution in [1.29, 1.82) is 0 Å². The molecule has 0 N–H and O–H groups in total. The molecule has 0 aliphatic carbocycles. The van der Waals surface area contributed by atoms with Crippen LogP contribution in [0.15, 0.2) is 48.5 Å². The molecule has 6 heteroatoms. The van der Waals surface area contributed by atoms with Crippen molar-refractivity contribution in [1.82, 2.24) is 0 Å². The van der Waals surface area contributed by atoms with Gasteiger partial charge in [-0.1, -0.05) is 24.3 Å². The molecule has 2 aromatic rings. The van der Waals surface area contributed by atoms with Gasteiger partial charge in [0.1, 0.15) is 0 Å². The number of nitro benzene ring substituents is 1. The fourth-order valence-electron chi connectivity index (χ4n) is 1.66. The van der Waals surface area contributed by atoms with E-state index in [2.05, 4.69) is 0 Å². The van der Waals surface area contributed by atoms with Crippen LogP contribution < -0.4 is 0 Å². The van der Waals surface area contributed by atoms with Crippen molar-refractivity contribution < 1.29 is 18.5 Å². The number of carbonyl (C=O) groups excluding carboxylic acids is 1. The van der Waals surface area contributed by atoms with E-state index in [9.17, 15) is 23.7 Å². The quantitative estimate of drug-likeness (QED) is 0.372. The van der Waals surface area contributed by atoms with Crippen LogP contribution in [0.25, 0.3) is 6.08 Å². The molecule has 0 saturated carbocycles. The molecule has 0 bridgehead atoms. The zero-order valence-electron chi connectivity index (χ0n) is 10.6. The number of halogens is 2. The van der Waals surface area contributed by atoms with E-state index in [-0.39, 0.29) is 11.3 Å². The molecule has 0 aliphatic heterocycles. The third kappa shape index (κ3) is 3.56. The van der Waals surface area contributed by atoms with Gasteiger partial charge < -0.3 is 0 Å². The number of non-ortho nitro benzene ring substituents is 1. The van der Waals surface area contributed by atoms with Crippen molar-refractivity contribution in [3.05, 3.63) is 81.4 Å². The van der Waals surface area contributed by atoms with E-state index in [4.69, 9.17) is 0 Å². The standard InChI is InChI=1S/C15H9F2NO3/c16-13-6-4-10(8-14(13)17)5-7-15(19)11-2-1-3-12(9-11)18(20)21/h1-9H/b7-5+. The first-order chi connectivity index (χ1) is 9.97. The average Bonchev–Trinajstić information content (AvgIpc) is 2.48. The Labute approximate surface area is 118 Å². The van der Waals surface area contributed by atoms with Crippen molar-refractivity contribution in [3.63, 3.8) is 0 Å². The lowest BCUT2D eigenvalue weighted by Gasteiger charge is -1.97. The second-order valence-electron chi connectivity index (χ2n) is 4.18.